The fourth-order valence-electron chi connectivity index (χ4n) is 2.09. The van der Waals surface area contributed by atoms with E-state index >= 15 is 0 Å². The van der Waals surface area contributed by atoms with Crippen molar-refractivity contribution in [3.8, 4) is 5.75 Å². The van der Waals surface area contributed by atoms with Crippen LogP contribution in [0.15, 0.2) is 36.4 Å². The Morgan fingerprint density at radius 2 is 1.96 bits per heavy atom. The standard InChI is InChI=1S/C18H24N4O3/c1-13(2)25-16-8-5-4-7-14(16)20-18(23)15-9-10-17(22-21-15)19-11-6-12-24-3/h4-5,7-10,13H,6,11-12H2,1-3H3,(H,19,22)(H,20,23). The third kappa shape index (κ3) is 6.04. The minimum atomic E-state index is -0.335. The van der Waals surface area contributed by atoms with Crippen molar-refractivity contribution in [3.05, 3.63) is 42.1 Å². The number of carbonyl (C=O) groups excluding carboxylic acids is 1. The number of ether oxygens (including phenoxy) is 2. The molecule has 134 valence electrons. The second-order valence-electron chi connectivity index (χ2n) is 5.69. The molecule has 0 aliphatic rings. The normalized spacial score (nSPS) is 10.6. The van der Waals surface area contributed by atoms with E-state index in [1.807, 2.05) is 32.0 Å². The first-order chi connectivity index (χ1) is 12.1. The quantitative estimate of drug-likeness (QED) is 0.680. The number of rotatable bonds is 9. The molecule has 1 heterocycles. The van der Waals surface area contributed by atoms with Crippen molar-refractivity contribution in [2.75, 3.05) is 30.9 Å². The molecule has 2 rings (SSSR count). The molecular formula is C18H24N4O3. The highest BCUT2D eigenvalue weighted by atomic mass is 16.5. The first-order valence-corrected chi connectivity index (χ1v) is 8.23. The van der Waals surface area contributed by atoms with Crippen molar-refractivity contribution in [1.29, 1.82) is 0 Å². The van der Waals surface area contributed by atoms with Crippen LogP contribution in [0.5, 0.6) is 5.75 Å². The Balaban J connectivity index is 1.97. The van der Waals surface area contributed by atoms with Gasteiger partial charge in [-0.2, -0.15) is 0 Å². The number of nitrogens with one attached hydrogen (secondary N) is 2. The number of carbonyl (C=O) groups is 1. The lowest BCUT2D eigenvalue weighted by Crippen LogP contribution is -2.16. The van der Waals surface area contributed by atoms with Gasteiger partial charge in [-0.3, -0.25) is 4.79 Å². The molecule has 2 N–H and O–H groups in total. The van der Waals surface area contributed by atoms with E-state index in [0.717, 1.165) is 13.0 Å². The van der Waals surface area contributed by atoms with Crippen LogP contribution < -0.4 is 15.4 Å². The fourth-order valence-corrected chi connectivity index (χ4v) is 2.09. The van der Waals surface area contributed by atoms with Gasteiger partial charge in [0.25, 0.3) is 5.91 Å². The number of amides is 1. The van der Waals surface area contributed by atoms with E-state index < -0.39 is 0 Å². The van der Waals surface area contributed by atoms with Gasteiger partial charge in [0.15, 0.2) is 5.69 Å². The van der Waals surface area contributed by atoms with Crippen molar-refractivity contribution in [2.45, 2.75) is 26.4 Å². The van der Waals surface area contributed by atoms with E-state index in [1.54, 1.807) is 25.3 Å². The maximum Gasteiger partial charge on any atom is 0.276 e. The van der Waals surface area contributed by atoms with Gasteiger partial charge in [0.05, 0.1) is 11.8 Å². The highest BCUT2D eigenvalue weighted by molar-refractivity contribution is 6.03. The highest BCUT2D eigenvalue weighted by Crippen LogP contribution is 2.25. The number of nitrogens with zero attached hydrogens (tertiary/aromatic N) is 2. The number of hydrogen-bond acceptors (Lipinski definition) is 6. The first kappa shape index (κ1) is 18.7. The van der Waals surface area contributed by atoms with Gasteiger partial charge < -0.3 is 20.1 Å². The van der Waals surface area contributed by atoms with Crippen LogP contribution in [-0.4, -0.2) is 42.5 Å². The molecule has 7 heteroatoms. The van der Waals surface area contributed by atoms with Gasteiger partial charge in [0, 0.05) is 20.3 Å². The average Bonchev–Trinajstić information content (AvgIpc) is 2.60. The second kappa shape index (κ2) is 9.58. The molecule has 0 bridgehead atoms. The molecule has 2 aromatic rings. The van der Waals surface area contributed by atoms with Gasteiger partial charge in [-0.1, -0.05) is 12.1 Å². The highest BCUT2D eigenvalue weighted by Gasteiger charge is 2.12. The molecule has 0 aliphatic carbocycles. The van der Waals surface area contributed by atoms with Crippen molar-refractivity contribution >= 4 is 17.4 Å². The van der Waals surface area contributed by atoms with Crippen LogP contribution in [0.2, 0.25) is 0 Å². The summed E-state index contributed by atoms with van der Waals surface area (Å²) in [5, 5.41) is 13.9. The zero-order chi connectivity index (χ0) is 18.1. The van der Waals surface area contributed by atoms with E-state index in [1.165, 1.54) is 0 Å². The van der Waals surface area contributed by atoms with Gasteiger partial charge in [0.2, 0.25) is 0 Å². The topological polar surface area (TPSA) is 85.4 Å². The van der Waals surface area contributed by atoms with E-state index in [2.05, 4.69) is 20.8 Å². The Kier molecular flexibility index (Phi) is 7.16. The van der Waals surface area contributed by atoms with Crippen LogP contribution in [0.25, 0.3) is 0 Å². The number of anilines is 2. The Labute approximate surface area is 147 Å². The summed E-state index contributed by atoms with van der Waals surface area (Å²) in [5.74, 6) is 0.907. The van der Waals surface area contributed by atoms with Crippen LogP contribution in [0.1, 0.15) is 30.8 Å². The third-order valence-electron chi connectivity index (χ3n) is 3.23. The Bertz CT molecular complexity index is 674. The van der Waals surface area contributed by atoms with Crippen LogP contribution in [0.3, 0.4) is 0 Å². The molecule has 0 unspecified atom stereocenters. The minimum Gasteiger partial charge on any atom is -0.489 e. The van der Waals surface area contributed by atoms with Crippen molar-refractivity contribution in [2.24, 2.45) is 0 Å². The molecule has 0 fully saturated rings. The van der Waals surface area contributed by atoms with Crippen molar-refractivity contribution < 1.29 is 14.3 Å². The van der Waals surface area contributed by atoms with E-state index in [0.29, 0.717) is 23.9 Å². The predicted molar refractivity (Wildman–Crippen MR) is 97.2 cm³/mol. The van der Waals surface area contributed by atoms with Crippen LogP contribution in [0.4, 0.5) is 11.5 Å². The summed E-state index contributed by atoms with van der Waals surface area (Å²) in [6.45, 7) is 5.28. The van der Waals surface area contributed by atoms with Gasteiger partial charge in [-0.05, 0) is 44.5 Å². The van der Waals surface area contributed by atoms with Crippen LogP contribution in [-0.2, 0) is 4.74 Å². The Hall–Kier alpha value is -2.67. The number of hydrogen-bond donors (Lipinski definition) is 2. The maximum absolute atomic E-state index is 12.4. The third-order valence-corrected chi connectivity index (χ3v) is 3.23. The lowest BCUT2D eigenvalue weighted by molar-refractivity contribution is 0.102. The van der Waals surface area contributed by atoms with E-state index in [-0.39, 0.29) is 17.7 Å². The molecule has 1 aromatic carbocycles. The zero-order valence-corrected chi connectivity index (χ0v) is 14.8. The number of benzene rings is 1. The molecule has 0 saturated carbocycles. The van der Waals surface area contributed by atoms with Gasteiger partial charge in [-0.25, -0.2) is 0 Å². The molecule has 1 amide bonds. The Morgan fingerprint density at radius 3 is 2.64 bits per heavy atom. The Morgan fingerprint density at radius 1 is 1.16 bits per heavy atom. The van der Waals surface area contributed by atoms with E-state index in [4.69, 9.17) is 9.47 Å². The van der Waals surface area contributed by atoms with Gasteiger partial charge in [-0.15, -0.1) is 10.2 Å². The summed E-state index contributed by atoms with van der Waals surface area (Å²) in [4.78, 5) is 12.4. The number of methoxy groups -OCH3 is 1. The summed E-state index contributed by atoms with van der Waals surface area (Å²) in [6.07, 6.45) is 0.883. The van der Waals surface area contributed by atoms with Crippen LogP contribution >= 0.6 is 0 Å². The minimum absolute atomic E-state index is 0.0151. The van der Waals surface area contributed by atoms with Crippen molar-refractivity contribution in [3.63, 3.8) is 0 Å². The largest absolute Gasteiger partial charge is 0.489 e. The summed E-state index contributed by atoms with van der Waals surface area (Å²) < 4.78 is 10.7. The predicted octanol–water partition coefficient (Wildman–Crippen LogP) is 2.96. The monoisotopic (exact) mass is 344 g/mol. The van der Waals surface area contributed by atoms with Crippen molar-refractivity contribution in [1.82, 2.24) is 10.2 Å². The molecule has 0 saturated heterocycles. The average molecular weight is 344 g/mol. The molecule has 0 spiro atoms. The van der Waals surface area contributed by atoms with E-state index in [9.17, 15) is 4.79 Å². The summed E-state index contributed by atoms with van der Waals surface area (Å²) in [6, 6.07) is 10.7. The number of para-hydroxylation sites is 2. The van der Waals surface area contributed by atoms with Crippen LogP contribution in [0, 0.1) is 0 Å². The molecule has 7 nitrogen and oxygen atoms in total. The molecule has 0 aliphatic heterocycles. The fraction of sp³-hybridized carbons (Fsp3) is 0.389. The summed E-state index contributed by atoms with van der Waals surface area (Å²) in [5.41, 5.74) is 0.839. The van der Waals surface area contributed by atoms with Gasteiger partial charge in [0.1, 0.15) is 11.6 Å². The molecule has 0 atom stereocenters. The smallest absolute Gasteiger partial charge is 0.276 e. The maximum atomic E-state index is 12.4. The zero-order valence-electron chi connectivity index (χ0n) is 14.8. The lowest BCUT2D eigenvalue weighted by Gasteiger charge is -2.14. The first-order valence-electron chi connectivity index (χ1n) is 8.23. The molecule has 0 radical (unpaired) electrons. The molecule has 1 aromatic heterocycles. The second-order valence-corrected chi connectivity index (χ2v) is 5.69. The summed E-state index contributed by atoms with van der Waals surface area (Å²) >= 11 is 0. The SMILES string of the molecule is COCCCNc1ccc(C(=O)Nc2ccccc2OC(C)C)nn1. The summed E-state index contributed by atoms with van der Waals surface area (Å²) in [7, 11) is 1.66. The van der Waals surface area contributed by atoms with Gasteiger partial charge >= 0.3 is 0 Å². The molecular weight excluding hydrogens is 320 g/mol. The molecule has 25 heavy (non-hydrogen) atoms. The lowest BCUT2D eigenvalue weighted by atomic mass is 10.2. The number of aromatic nitrogens is 2.